The Morgan fingerprint density at radius 1 is 0.520 bits per heavy atom. The van der Waals surface area contributed by atoms with E-state index in [0.29, 0.717) is 5.78 Å². The molecule has 0 saturated carbocycles. The average Bonchev–Trinajstić information content (AvgIpc) is 2.62. The van der Waals surface area contributed by atoms with E-state index in [1.165, 1.54) is 103 Å². The molecule has 0 amide bonds. The van der Waals surface area contributed by atoms with E-state index in [0.717, 1.165) is 25.7 Å². The highest BCUT2D eigenvalue weighted by Gasteiger charge is 2.01. The zero-order valence-electron chi connectivity index (χ0n) is 17.6. The van der Waals surface area contributed by atoms with Gasteiger partial charge in [-0.05, 0) is 12.8 Å². The van der Waals surface area contributed by atoms with Gasteiger partial charge in [-0.3, -0.25) is 4.79 Å². The van der Waals surface area contributed by atoms with Gasteiger partial charge in [0, 0.05) is 12.8 Å². The second-order valence-electron chi connectivity index (χ2n) is 7.87. The van der Waals surface area contributed by atoms with Gasteiger partial charge >= 0.3 is 0 Å². The molecule has 0 atom stereocenters. The van der Waals surface area contributed by atoms with Crippen LogP contribution in [0.2, 0.25) is 0 Å². The maximum Gasteiger partial charge on any atom is 0.136 e. The van der Waals surface area contributed by atoms with Gasteiger partial charge < -0.3 is 0 Å². The zero-order chi connectivity index (χ0) is 18.4. The minimum atomic E-state index is 0.364. The number of hydrogen-bond acceptors (Lipinski definition) is 1. The topological polar surface area (TPSA) is 17.1 Å². The van der Waals surface area contributed by atoms with Crippen LogP contribution < -0.4 is 0 Å². The van der Waals surface area contributed by atoms with Crippen molar-refractivity contribution >= 4 is 5.78 Å². The molecule has 0 rings (SSSR count). The molecule has 149 valence electrons. The average molecular weight is 352 g/mol. The van der Waals surface area contributed by atoms with E-state index >= 15 is 0 Å². The van der Waals surface area contributed by atoms with Gasteiger partial charge in [-0.1, -0.05) is 123 Å². The molecule has 0 heterocycles. The molecule has 0 saturated heterocycles. The Morgan fingerprint density at radius 2 is 0.880 bits per heavy atom. The van der Waals surface area contributed by atoms with Crippen LogP contribution in [0.1, 0.15) is 142 Å². The molecule has 0 fully saturated rings. The first kappa shape index (κ1) is 24.7. The Hall–Kier alpha value is -0.330. The van der Waals surface area contributed by atoms with E-state index < -0.39 is 0 Å². The first-order chi connectivity index (χ1) is 12.3. The molecule has 1 radical (unpaired) electrons. The van der Waals surface area contributed by atoms with Crippen molar-refractivity contribution in [2.45, 2.75) is 142 Å². The number of Topliss-reactive ketones (excluding diaryl/α,β-unsaturated/α-hetero) is 1. The van der Waals surface area contributed by atoms with Crippen LogP contribution >= 0.6 is 0 Å². The van der Waals surface area contributed by atoms with Crippen molar-refractivity contribution in [3.63, 3.8) is 0 Å². The van der Waals surface area contributed by atoms with Crippen molar-refractivity contribution in [2.75, 3.05) is 0 Å². The fraction of sp³-hybridized carbons (Fsp3) is 0.917. The molecule has 0 aliphatic rings. The molecule has 0 N–H and O–H groups in total. The highest BCUT2D eigenvalue weighted by atomic mass is 16.1. The van der Waals surface area contributed by atoms with E-state index in [9.17, 15) is 4.79 Å². The van der Waals surface area contributed by atoms with Crippen LogP contribution in [0.4, 0.5) is 0 Å². The molecular formula is C24H47O. The summed E-state index contributed by atoms with van der Waals surface area (Å²) in [6, 6.07) is 0. The SMILES string of the molecule is CCCCCCCCCCCCCCCCCC[CH]C(=O)CCCC. The minimum Gasteiger partial charge on any atom is -0.299 e. The summed E-state index contributed by atoms with van der Waals surface area (Å²) in [5, 5.41) is 0. The maximum atomic E-state index is 11.5. The number of ketones is 1. The van der Waals surface area contributed by atoms with Gasteiger partial charge in [0.2, 0.25) is 0 Å². The van der Waals surface area contributed by atoms with E-state index in [2.05, 4.69) is 13.8 Å². The van der Waals surface area contributed by atoms with Gasteiger partial charge in [0.25, 0.3) is 0 Å². The molecule has 1 heteroatoms. The molecule has 0 aliphatic heterocycles. The smallest absolute Gasteiger partial charge is 0.136 e. The summed E-state index contributed by atoms with van der Waals surface area (Å²) < 4.78 is 0. The fourth-order valence-corrected chi connectivity index (χ4v) is 3.41. The molecule has 0 unspecified atom stereocenters. The van der Waals surface area contributed by atoms with E-state index in [-0.39, 0.29) is 0 Å². The molecule has 0 aromatic rings. The number of carbonyl (C=O) groups excluding carboxylic acids is 1. The zero-order valence-corrected chi connectivity index (χ0v) is 17.6. The number of unbranched alkanes of at least 4 members (excludes halogenated alkanes) is 17. The Labute approximate surface area is 159 Å². The van der Waals surface area contributed by atoms with E-state index in [1.54, 1.807) is 0 Å². The minimum absolute atomic E-state index is 0.364. The highest BCUT2D eigenvalue weighted by molar-refractivity contribution is 5.86. The molecule has 0 aromatic heterocycles. The van der Waals surface area contributed by atoms with Crippen molar-refractivity contribution in [3.05, 3.63) is 6.42 Å². The van der Waals surface area contributed by atoms with Crippen molar-refractivity contribution in [3.8, 4) is 0 Å². The molecule has 1 nitrogen and oxygen atoms in total. The van der Waals surface area contributed by atoms with Crippen molar-refractivity contribution in [1.82, 2.24) is 0 Å². The number of rotatable bonds is 21. The first-order valence-electron chi connectivity index (χ1n) is 11.7. The summed E-state index contributed by atoms with van der Waals surface area (Å²) in [6.45, 7) is 4.43. The summed E-state index contributed by atoms with van der Waals surface area (Å²) in [5.74, 6) is 0.364. The van der Waals surface area contributed by atoms with Crippen molar-refractivity contribution < 1.29 is 4.79 Å². The molecule has 0 aromatic carbocycles. The van der Waals surface area contributed by atoms with Gasteiger partial charge in [-0.2, -0.15) is 0 Å². The molecular weight excluding hydrogens is 304 g/mol. The molecule has 0 spiro atoms. The standard InChI is InChI=1S/C24H47O/c1-3-5-7-8-9-10-11-12-13-14-15-16-17-18-19-20-21-23-24(25)22-6-4-2/h23H,3-22H2,1-2H3. The molecule has 0 bridgehead atoms. The van der Waals surface area contributed by atoms with Crippen molar-refractivity contribution in [2.24, 2.45) is 0 Å². The Bertz CT molecular complexity index is 259. The first-order valence-corrected chi connectivity index (χ1v) is 11.7. The molecule has 25 heavy (non-hydrogen) atoms. The lowest BCUT2D eigenvalue weighted by Gasteiger charge is -2.03. The van der Waals surface area contributed by atoms with Crippen LogP contribution in [0.15, 0.2) is 0 Å². The summed E-state index contributed by atoms with van der Waals surface area (Å²) >= 11 is 0. The summed E-state index contributed by atoms with van der Waals surface area (Å²) in [5.41, 5.74) is 0. The van der Waals surface area contributed by atoms with Crippen LogP contribution in [0.5, 0.6) is 0 Å². The normalized spacial score (nSPS) is 11.1. The Morgan fingerprint density at radius 3 is 1.28 bits per heavy atom. The van der Waals surface area contributed by atoms with Gasteiger partial charge in [0.1, 0.15) is 5.78 Å². The lowest BCUT2D eigenvalue weighted by atomic mass is 10.0. The Kier molecular flexibility index (Phi) is 21.4. The van der Waals surface area contributed by atoms with E-state index in [1.807, 2.05) is 6.42 Å². The second-order valence-corrected chi connectivity index (χ2v) is 7.87. The third-order valence-corrected chi connectivity index (χ3v) is 5.21. The summed E-state index contributed by atoms with van der Waals surface area (Å²) in [4.78, 5) is 11.5. The maximum absolute atomic E-state index is 11.5. The fourth-order valence-electron chi connectivity index (χ4n) is 3.41. The van der Waals surface area contributed by atoms with E-state index in [4.69, 9.17) is 0 Å². The van der Waals surface area contributed by atoms with Crippen LogP contribution in [0, 0.1) is 6.42 Å². The Balaban J connectivity index is 3.04. The third-order valence-electron chi connectivity index (χ3n) is 5.21. The predicted molar refractivity (Wildman–Crippen MR) is 113 cm³/mol. The summed E-state index contributed by atoms with van der Waals surface area (Å²) in [6.07, 6.45) is 28.4. The monoisotopic (exact) mass is 351 g/mol. The lowest BCUT2D eigenvalue weighted by Crippen LogP contribution is -1.98. The molecule has 0 aliphatic carbocycles. The number of hydrogen-bond donors (Lipinski definition) is 0. The quantitative estimate of drug-likeness (QED) is 0.189. The van der Waals surface area contributed by atoms with Crippen molar-refractivity contribution in [1.29, 1.82) is 0 Å². The van der Waals surface area contributed by atoms with Gasteiger partial charge in [-0.15, -0.1) is 0 Å². The van der Waals surface area contributed by atoms with Crippen LogP contribution in [-0.2, 0) is 4.79 Å². The van der Waals surface area contributed by atoms with Gasteiger partial charge in [0.05, 0.1) is 0 Å². The van der Waals surface area contributed by atoms with Crippen LogP contribution in [0.3, 0.4) is 0 Å². The largest absolute Gasteiger partial charge is 0.299 e. The van der Waals surface area contributed by atoms with Crippen LogP contribution in [-0.4, -0.2) is 5.78 Å². The predicted octanol–water partition coefficient (Wildman–Crippen LogP) is 8.60. The highest BCUT2D eigenvalue weighted by Crippen LogP contribution is 2.14. The summed E-state index contributed by atoms with van der Waals surface area (Å²) in [7, 11) is 0. The van der Waals surface area contributed by atoms with Gasteiger partial charge in [-0.25, -0.2) is 0 Å². The van der Waals surface area contributed by atoms with Gasteiger partial charge in [0.15, 0.2) is 0 Å². The third kappa shape index (κ3) is 21.6. The van der Waals surface area contributed by atoms with Crippen LogP contribution in [0.25, 0.3) is 0 Å². The second kappa shape index (κ2) is 21.7. The lowest BCUT2D eigenvalue weighted by molar-refractivity contribution is -0.116. The number of carbonyl (C=O) groups is 1.